The van der Waals surface area contributed by atoms with Crippen molar-refractivity contribution in [1.82, 2.24) is 9.80 Å². The molecule has 7 nitrogen and oxygen atoms in total. The molecule has 2 heterocycles. The summed E-state index contributed by atoms with van der Waals surface area (Å²) in [6.45, 7) is 2.23. The van der Waals surface area contributed by atoms with Gasteiger partial charge in [0, 0.05) is 23.7 Å². The van der Waals surface area contributed by atoms with E-state index < -0.39 is 24.4 Å². The van der Waals surface area contributed by atoms with Crippen LogP contribution < -0.4 is 4.90 Å². The van der Waals surface area contributed by atoms with Crippen LogP contribution in [0.4, 0.5) is 10.5 Å². The standard InChI is InChI=1S/C17H19N3O4S/c1-2-3-8-19-15(22)16(23)20(17(19)24)11-14(21)18-9-10-25-13-7-5-4-6-12(13)18/h4-7H,2-3,8-11H2,1H3. The van der Waals surface area contributed by atoms with E-state index in [1.807, 2.05) is 31.2 Å². The lowest BCUT2D eigenvalue weighted by Gasteiger charge is -2.29. The number of hydrogen-bond donors (Lipinski definition) is 0. The van der Waals surface area contributed by atoms with E-state index in [1.54, 1.807) is 16.7 Å². The van der Waals surface area contributed by atoms with Crippen LogP contribution in [-0.2, 0) is 14.4 Å². The second kappa shape index (κ2) is 7.26. The first-order chi connectivity index (χ1) is 12.0. The van der Waals surface area contributed by atoms with Gasteiger partial charge in [-0.15, -0.1) is 11.8 Å². The third-order valence-electron chi connectivity index (χ3n) is 4.19. The van der Waals surface area contributed by atoms with Gasteiger partial charge in [0.25, 0.3) is 0 Å². The Morgan fingerprint density at radius 2 is 1.84 bits per heavy atom. The van der Waals surface area contributed by atoms with Gasteiger partial charge >= 0.3 is 17.8 Å². The highest BCUT2D eigenvalue weighted by atomic mass is 32.2. The quantitative estimate of drug-likeness (QED) is 0.589. The molecule has 0 saturated carbocycles. The second-order valence-corrected chi connectivity index (χ2v) is 6.98. The Balaban J connectivity index is 1.74. The first-order valence-electron chi connectivity index (χ1n) is 8.24. The van der Waals surface area contributed by atoms with Gasteiger partial charge in [0.1, 0.15) is 6.54 Å². The lowest BCUT2D eigenvalue weighted by Crippen LogP contribution is -2.45. The lowest BCUT2D eigenvalue weighted by atomic mass is 10.2. The van der Waals surface area contributed by atoms with Crippen molar-refractivity contribution in [3.05, 3.63) is 24.3 Å². The molecular weight excluding hydrogens is 342 g/mol. The predicted molar refractivity (Wildman–Crippen MR) is 93.2 cm³/mol. The normalized spacial score (nSPS) is 17.3. The molecular formula is C17H19N3O4S. The average Bonchev–Trinajstić information content (AvgIpc) is 2.83. The fourth-order valence-electron chi connectivity index (χ4n) is 2.85. The van der Waals surface area contributed by atoms with Crippen LogP contribution >= 0.6 is 11.8 Å². The zero-order valence-corrected chi connectivity index (χ0v) is 14.8. The molecule has 0 radical (unpaired) electrons. The molecule has 132 valence electrons. The highest BCUT2D eigenvalue weighted by Crippen LogP contribution is 2.34. The van der Waals surface area contributed by atoms with Crippen LogP contribution in [0.3, 0.4) is 0 Å². The minimum Gasteiger partial charge on any atom is -0.309 e. The van der Waals surface area contributed by atoms with Gasteiger partial charge in [-0.3, -0.25) is 19.3 Å². The number of amides is 5. The van der Waals surface area contributed by atoms with Crippen molar-refractivity contribution < 1.29 is 19.2 Å². The fourth-order valence-corrected chi connectivity index (χ4v) is 3.85. The molecule has 0 unspecified atom stereocenters. The van der Waals surface area contributed by atoms with Gasteiger partial charge in [-0.05, 0) is 18.6 Å². The molecule has 0 spiro atoms. The minimum atomic E-state index is -0.922. The number of anilines is 1. The van der Waals surface area contributed by atoms with Crippen LogP contribution in [0.5, 0.6) is 0 Å². The summed E-state index contributed by atoms with van der Waals surface area (Å²) >= 11 is 1.66. The van der Waals surface area contributed by atoms with E-state index in [-0.39, 0.29) is 12.5 Å². The maximum atomic E-state index is 12.7. The Labute approximate surface area is 149 Å². The van der Waals surface area contributed by atoms with E-state index in [0.717, 1.165) is 32.6 Å². The van der Waals surface area contributed by atoms with Gasteiger partial charge in [0.2, 0.25) is 5.91 Å². The number of nitrogens with zero attached hydrogens (tertiary/aromatic N) is 3. The van der Waals surface area contributed by atoms with Crippen molar-refractivity contribution in [2.45, 2.75) is 24.7 Å². The number of urea groups is 1. The van der Waals surface area contributed by atoms with Crippen molar-refractivity contribution in [3.63, 3.8) is 0 Å². The van der Waals surface area contributed by atoms with Gasteiger partial charge in [-0.1, -0.05) is 25.5 Å². The summed E-state index contributed by atoms with van der Waals surface area (Å²) in [4.78, 5) is 53.3. The number of benzene rings is 1. The number of thioether (sulfide) groups is 1. The van der Waals surface area contributed by atoms with Crippen LogP contribution in [0, 0.1) is 0 Å². The van der Waals surface area contributed by atoms with Crippen molar-refractivity contribution in [1.29, 1.82) is 0 Å². The third-order valence-corrected chi connectivity index (χ3v) is 5.24. The first-order valence-corrected chi connectivity index (χ1v) is 9.22. The van der Waals surface area contributed by atoms with Gasteiger partial charge in [0.05, 0.1) is 5.69 Å². The molecule has 3 rings (SSSR count). The van der Waals surface area contributed by atoms with Gasteiger partial charge < -0.3 is 4.90 Å². The second-order valence-electron chi connectivity index (χ2n) is 5.85. The Kier molecular flexibility index (Phi) is 5.08. The Bertz CT molecular complexity index is 736. The molecule has 1 aromatic rings. The summed E-state index contributed by atoms with van der Waals surface area (Å²) in [6, 6.07) is 6.81. The van der Waals surface area contributed by atoms with E-state index in [2.05, 4.69) is 0 Å². The number of fused-ring (bicyclic) bond motifs is 1. The van der Waals surface area contributed by atoms with Crippen LogP contribution in [0.15, 0.2) is 29.2 Å². The monoisotopic (exact) mass is 361 g/mol. The largest absolute Gasteiger partial charge is 0.334 e. The van der Waals surface area contributed by atoms with E-state index in [1.165, 1.54) is 0 Å². The molecule has 8 heteroatoms. The molecule has 1 aromatic carbocycles. The number of hydrogen-bond acceptors (Lipinski definition) is 5. The fraction of sp³-hybridized carbons (Fsp3) is 0.412. The minimum absolute atomic E-state index is 0.202. The summed E-state index contributed by atoms with van der Waals surface area (Å²) in [6.07, 6.45) is 1.43. The third kappa shape index (κ3) is 3.26. The molecule has 0 atom stereocenters. The summed E-state index contributed by atoms with van der Waals surface area (Å²) in [5.74, 6) is -1.39. The maximum Gasteiger partial charge on any atom is 0.334 e. The summed E-state index contributed by atoms with van der Waals surface area (Å²) in [5.41, 5.74) is 0.775. The van der Waals surface area contributed by atoms with Crippen molar-refractivity contribution in [2.24, 2.45) is 0 Å². The lowest BCUT2D eigenvalue weighted by molar-refractivity contribution is -0.143. The number of carbonyl (C=O) groups excluding carboxylic acids is 4. The van der Waals surface area contributed by atoms with E-state index in [4.69, 9.17) is 0 Å². The smallest absolute Gasteiger partial charge is 0.309 e. The Morgan fingerprint density at radius 3 is 2.60 bits per heavy atom. The molecule has 2 aliphatic heterocycles. The van der Waals surface area contributed by atoms with Crippen molar-refractivity contribution in [3.8, 4) is 0 Å². The highest BCUT2D eigenvalue weighted by Gasteiger charge is 2.45. The van der Waals surface area contributed by atoms with Crippen LogP contribution in [0.1, 0.15) is 19.8 Å². The van der Waals surface area contributed by atoms with E-state index >= 15 is 0 Å². The van der Waals surface area contributed by atoms with Crippen LogP contribution in [0.2, 0.25) is 0 Å². The van der Waals surface area contributed by atoms with Crippen molar-refractivity contribution >= 4 is 41.2 Å². The molecule has 2 aliphatic rings. The number of carbonyl (C=O) groups is 4. The van der Waals surface area contributed by atoms with Crippen LogP contribution in [0.25, 0.3) is 0 Å². The molecule has 0 aromatic heterocycles. The topological polar surface area (TPSA) is 78.0 Å². The molecule has 25 heavy (non-hydrogen) atoms. The molecule has 5 amide bonds. The molecule has 1 fully saturated rings. The summed E-state index contributed by atoms with van der Waals surface area (Å²) in [7, 11) is 0. The van der Waals surface area contributed by atoms with Crippen LogP contribution in [-0.4, -0.2) is 58.9 Å². The molecule has 0 N–H and O–H groups in total. The zero-order chi connectivity index (χ0) is 18.0. The number of unbranched alkanes of at least 4 members (excludes halogenated alkanes) is 1. The summed E-state index contributed by atoms with van der Waals surface area (Å²) in [5, 5.41) is 0. The maximum absolute atomic E-state index is 12.7. The number of rotatable bonds is 5. The molecule has 0 bridgehead atoms. The molecule has 0 aliphatic carbocycles. The van der Waals surface area contributed by atoms with Gasteiger partial charge in [0.15, 0.2) is 0 Å². The number of imide groups is 2. The highest BCUT2D eigenvalue weighted by molar-refractivity contribution is 7.99. The van der Waals surface area contributed by atoms with E-state index in [0.29, 0.717) is 13.0 Å². The average molecular weight is 361 g/mol. The predicted octanol–water partition coefficient (Wildman–Crippen LogP) is 1.72. The SMILES string of the molecule is CCCCN1C(=O)C(=O)N(CC(=O)N2CCSc3ccccc32)C1=O. The van der Waals surface area contributed by atoms with Crippen molar-refractivity contribution in [2.75, 3.05) is 30.3 Å². The summed E-state index contributed by atoms with van der Waals surface area (Å²) < 4.78 is 0. The molecule has 1 saturated heterocycles. The number of para-hydroxylation sites is 1. The van der Waals surface area contributed by atoms with Gasteiger partial charge in [-0.25, -0.2) is 9.69 Å². The Morgan fingerprint density at radius 1 is 1.12 bits per heavy atom. The Hall–Kier alpha value is -2.35. The zero-order valence-electron chi connectivity index (χ0n) is 13.9. The first kappa shape index (κ1) is 17.5. The van der Waals surface area contributed by atoms with Gasteiger partial charge in [-0.2, -0.15) is 0 Å². The van der Waals surface area contributed by atoms with E-state index in [9.17, 15) is 19.2 Å².